The number of hydrogen-bond acceptors (Lipinski definition) is 4. The minimum absolute atomic E-state index is 0.0665. The van der Waals surface area contributed by atoms with Gasteiger partial charge in [0.1, 0.15) is 0 Å². The fourth-order valence-corrected chi connectivity index (χ4v) is 4.83. The topological polar surface area (TPSA) is 79.5 Å². The molecule has 0 radical (unpaired) electrons. The number of nitrogens with one attached hydrogen (secondary N) is 1. The molecule has 0 spiro atoms. The van der Waals surface area contributed by atoms with E-state index >= 15 is 0 Å². The Morgan fingerprint density at radius 3 is 2.67 bits per heavy atom. The lowest BCUT2D eigenvalue weighted by Gasteiger charge is -2.27. The fraction of sp³-hybridized carbons (Fsp3) is 0.316. The van der Waals surface area contributed by atoms with E-state index in [2.05, 4.69) is 15.3 Å². The van der Waals surface area contributed by atoms with Gasteiger partial charge >= 0.3 is 0 Å². The van der Waals surface area contributed by atoms with Gasteiger partial charge in [0.05, 0.1) is 39.3 Å². The molecule has 3 aromatic rings. The van der Waals surface area contributed by atoms with Crippen molar-refractivity contribution in [3.8, 4) is 0 Å². The van der Waals surface area contributed by atoms with Crippen LogP contribution in [-0.2, 0) is 5.60 Å². The number of amides is 1. The molecule has 0 saturated heterocycles. The van der Waals surface area contributed by atoms with Crippen molar-refractivity contribution >= 4 is 34.6 Å². The second-order valence-corrected chi connectivity index (χ2v) is 8.29. The molecule has 2 aliphatic rings. The van der Waals surface area contributed by atoms with Crippen molar-refractivity contribution in [2.24, 2.45) is 11.8 Å². The zero-order valence-corrected chi connectivity index (χ0v) is 15.7. The van der Waals surface area contributed by atoms with Crippen molar-refractivity contribution in [2.75, 3.05) is 0 Å². The van der Waals surface area contributed by atoms with E-state index < -0.39 is 5.60 Å². The molecule has 2 unspecified atom stereocenters. The van der Waals surface area contributed by atoms with E-state index in [1.165, 1.54) is 12.4 Å². The monoisotopic (exact) mass is 402 g/mol. The molecule has 138 valence electrons. The number of imidazole rings is 1. The summed E-state index contributed by atoms with van der Waals surface area (Å²) in [4.78, 5) is 20.5. The zero-order chi connectivity index (χ0) is 18.8. The number of aromatic nitrogens is 3. The summed E-state index contributed by atoms with van der Waals surface area (Å²) in [6.45, 7) is 0. The van der Waals surface area contributed by atoms with Crippen LogP contribution < -0.4 is 5.32 Å². The van der Waals surface area contributed by atoms with E-state index in [0.717, 1.165) is 11.1 Å². The van der Waals surface area contributed by atoms with Crippen molar-refractivity contribution in [2.45, 2.75) is 24.5 Å². The van der Waals surface area contributed by atoms with Crippen LogP contribution in [0, 0.1) is 11.8 Å². The third kappa shape index (κ3) is 2.79. The molecule has 5 rings (SSSR count). The molecule has 6 nitrogen and oxygen atoms in total. The Labute approximate surface area is 165 Å². The molecule has 1 amide bonds. The van der Waals surface area contributed by atoms with Gasteiger partial charge in [-0.1, -0.05) is 23.2 Å². The highest BCUT2D eigenvalue weighted by Crippen LogP contribution is 2.60. The Kier molecular flexibility index (Phi) is 3.73. The van der Waals surface area contributed by atoms with Gasteiger partial charge in [-0.2, -0.15) is 0 Å². The molecule has 2 aliphatic carbocycles. The van der Waals surface area contributed by atoms with Gasteiger partial charge in [-0.25, -0.2) is 4.98 Å². The fourth-order valence-electron chi connectivity index (χ4n) is 4.44. The number of hydrogen-bond donors (Lipinski definition) is 2. The van der Waals surface area contributed by atoms with Crippen LogP contribution in [0.15, 0.2) is 43.2 Å². The number of fused-ring (bicyclic) bond motifs is 2. The van der Waals surface area contributed by atoms with Crippen LogP contribution in [0.2, 0.25) is 10.0 Å². The third-order valence-corrected chi connectivity index (χ3v) is 6.14. The van der Waals surface area contributed by atoms with E-state index in [1.54, 1.807) is 24.8 Å². The minimum atomic E-state index is -0.958. The van der Waals surface area contributed by atoms with Gasteiger partial charge < -0.3 is 14.8 Å². The number of carbonyl (C=O) groups is 1. The van der Waals surface area contributed by atoms with Crippen LogP contribution in [0.1, 0.15) is 28.8 Å². The van der Waals surface area contributed by atoms with Gasteiger partial charge in [-0.15, -0.1) is 0 Å². The number of halogens is 2. The Morgan fingerprint density at radius 2 is 1.93 bits per heavy atom. The summed E-state index contributed by atoms with van der Waals surface area (Å²) in [5.41, 5.74) is 1.14. The largest absolute Gasteiger partial charge is 0.385 e. The first-order chi connectivity index (χ1) is 12.9. The lowest BCUT2D eigenvalue weighted by Crippen LogP contribution is -2.33. The molecular formula is C19H16Cl2N4O2. The Balaban J connectivity index is 1.33. The Bertz CT molecular complexity index is 1050. The highest BCUT2D eigenvalue weighted by molar-refractivity contribution is 6.31. The van der Waals surface area contributed by atoms with Crippen LogP contribution in [-0.4, -0.2) is 31.4 Å². The van der Waals surface area contributed by atoms with Crippen molar-refractivity contribution in [3.05, 3.63) is 64.4 Å². The van der Waals surface area contributed by atoms with Crippen LogP contribution in [0.4, 0.5) is 0 Å². The summed E-state index contributed by atoms with van der Waals surface area (Å²) < 4.78 is 1.82. The quantitative estimate of drug-likeness (QED) is 0.705. The molecule has 4 atom stereocenters. The van der Waals surface area contributed by atoms with Crippen molar-refractivity contribution < 1.29 is 9.90 Å². The molecule has 8 heteroatoms. The van der Waals surface area contributed by atoms with E-state index in [0.29, 0.717) is 28.5 Å². The molecule has 3 heterocycles. The van der Waals surface area contributed by atoms with Crippen LogP contribution in [0.5, 0.6) is 0 Å². The summed E-state index contributed by atoms with van der Waals surface area (Å²) in [6.07, 6.45) is 9.33. The minimum Gasteiger partial charge on any atom is -0.385 e. The first-order valence-electron chi connectivity index (χ1n) is 8.70. The average molecular weight is 403 g/mol. The number of aliphatic hydroxyl groups is 1. The maximum atomic E-state index is 12.4. The predicted molar refractivity (Wildman–Crippen MR) is 101 cm³/mol. The number of nitrogens with zero attached hydrogens (tertiary/aromatic N) is 3. The molecule has 27 heavy (non-hydrogen) atoms. The Hall–Kier alpha value is -2.15. The molecule has 3 aromatic heterocycles. The third-order valence-electron chi connectivity index (χ3n) is 5.73. The zero-order valence-electron chi connectivity index (χ0n) is 14.1. The maximum absolute atomic E-state index is 12.4. The van der Waals surface area contributed by atoms with Gasteiger partial charge in [-0.3, -0.25) is 9.78 Å². The molecule has 0 aliphatic heterocycles. The summed E-state index contributed by atoms with van der Waals surface area (Å²) >= 11 is 12.1. The first kappa shape index (κ1) is 17.0. The van der Waals surface area contributed by atoms with Crippen molar-refractivity contribution in [3.63, 3.8) is 0 Å². The summed E-state index contributed by atoms with van der Waals surface area (Å²) in [7, 11) is 0. The molecule has 2 saturated carbocycles. The van der Waals surface area contributed by atoms with Crippen LogP contribution in [0.3, 0.4) is 0 Å². The molecule has 0 aromatic carbocycles. The number of carbonyl (C=O) groups excluding carboxylic acids is 1. The van der Waals surface area contributed by atoms with E-state index in [4.69, 9.17) is 23.2 Å². The summed E-state index contributed by atoms with van der Waals surface area (Å²) in [6, 6.07) is 3.48. The maximum Gasteiger partial charge on any atom is 0.253 e. The molecule has 0 bridgehead atoms. The smallest absolute Gasteiger partial charge is 0.253 e. The van der Waals surface area contributed by atoms with E-state index in [9.17, 15) is 9.90 Å². The van der Waals surface area contributed by atoms with Crippen molar-refractivity contribution in [1.82, 2.24) is 19.7 Å². The van der Waals surface area contributed by atoms with Gasteiger partial charge in [0.15, 0.2) is 0 Å². The van der Waals surface area contributed by atoms with Crippen LogP contribution in [0.25, 0.3) is 5.52 Å². The average Bonchev–Trinajstić information content (AvgIpc) is 3.01. The predicted octanol–water partition coefficient (Wildman–Crippen LogP) is 3.06. The lowest BCUT2D eigenvalue weighted by molar-refractivity contribution is 0.0289. The number of rotatable bonds is 3. The number of pyridine rings is 2. The van der Waals surface area contributed by atoms with E-state index in [1.807, 2.05) is 10.5 Å². The second kappa shape index (κ2) is 5.92. The van der Waals surface area contributed by atoms with Gasteiger partial charge in [-0.05, 0) is 36.8 Å². The van der Waals surface area contributed by atoms with E-state index in [-0.39, 0.29) is 23.8 Å². The standard InChI is InChI=1S/C19H16Cl2N4O2/c20-11-1-10(5-22-6-11)18(26)24-17-13-3-19(27,4-14(13)17)15-2-12(21)8-25-9-23-7-16(15)25/h1-2,5-9,13-14,17,27H,3-4H2,(H,24,26)/t13-,14+,17?,19?. The molecular weight excluding hydrogens is 387 g/mol. The van der Waals surface area contributed by atoms with Gasteiger partial charge in [0.25, 0.3) is 5.91 Å². The highest BCUT2D eigenvalue weighted by atomic mass is 35.5. The Morgan fingerprint density at radius 1 is 1.15 bits per heavy atom. The van der Waals surface area contributed by atoms with Gasteiger partial charge in [0, 0.05) is 30.2 Å². The first-order valence-corrected chi connectivity index (χ1v) is 9.46. The van der Waals surface area contributed by atoms with Gasteiger partial charge in [0.2, 0.25) is 0 Å². The second-order valence-electron chi connectivity index (χ2n) is 7.42. The highest BCUT2D eigenvalue weighted by Gasteiger charge is 2.62. The summed E-state index contributed by atoms with van der Waals surface area (Å²) in [5, 5.41) is 15.3. The molecule has 2 fully saturated rings. The van der Waals surface area contributed by atoms with Crippen LogP contribution >= 0.6 is 23.2 Å². The summed E-state index contributed by atoms with van der Waals surface area (Å²) in [5.74, 6) is 0.301. The lowest BCUT2D eigenvalue weighted by atomic mass is 9.88. The molecule has 2 N–H and O–H groups in total. The SMILES string of the molecule is O=C(NC1[C@H]2CC(O)(c3cc(Cl)cn4cncc34)C[C@@H]12)c1cncc(Cl)c1. The normalized spacial score (nSPS) is 28.9. The van der Waals surface area contributed by atoms with Crippen molar-refractivity contribution in [1.29, 1.82) is 0 Å².